The molecule has 0 radical (unpaired) electrons. The van der Waals surface area contributed by atoms with Crippen LogP contribution >= 0.6 is 0 Å². The molecular weight excluding hydrogens is 301 g/mol. The first-order valence-corrected chi connectivity index (χ1v) is 8.17. The number of primary sulfonamides is 1. The third-order valence-corrected chi connectivity index (χ3v) is 4.50. The molecule has 0 saturated carbocycles. The number of nitro groups is 1. The van der Waals surface area contributed by atoms with Crippen LogP contribution in [-0.4, -0.2) is 32.2 Å². The fourth-order valence-corrected chi connectivity index (χ4v) is 3.53. The number of nitro benzene ring substituents is 1. The normalized spacial score (nSPS) is 17.0. The van der Waals surface area contributed by atoms with Gasteiger partial charge in [-0.15, -0.1) is 0 Å². The largest absolute Gasteiger partial charge is 0.369 e. The van der Waals surface area contributed by atoms with Crippen molar-refractivity contribution in [1.29, 1.82) is 0 Å². The van der Waals surface area contributed by atoms with E-state index in [1.807, 2.05) is 0 Å². The Labute approximate surface area is 121 Å². The predicted molar refractivity (Wildman–Crippen MR) is 76.0 cm³/mol. The Bertz CT molecular complexity index is 642. The molecule has 1 saturated heterocycles. The second-order valence-corrected chi connectivity index (χ2v) is 6.81. The van der Waals surface area contributed by atoms with Crippen molar-refractivity contribution in [3.05, 3.63) is 34.1 Å². The van der Waals surface area contributed by atoms with Crippen LogP contribution in [0.1, 0.15) is 12.8 Å². The van der Waals surface area contributed by atoms with Crippen LogP contribution in [0.3, 0.4) is 0 Å². The van der Waals surface area contributed by atoms with Crippen molar-refractivity contribution in [2.24, 2.45) is 11.1 Å². The number of nitrogens with two attached hydrogens (primary N) is 1. The zero-order valence-electron chi connectivity index (χ0n) is 11.2. The maximum absolute atomic E-state index is 13.9. The van der Waals surface area contributed by atoms with Crippen LogP contribution < -0.4 is 10.0 Å². The van der Waals surface area contributed by atoms with Gasteiger partial charge in [0.1, 0.15) is 0 Å². The van der Waals surface area contributed by atoms with Gasteiger partial charge in [-0.05, 0) is 24.8 Å². The molecule has 21 heavy (non-hydrogen) atoms. The number of piperidine rings is 1. The Hall–Kier alpha value is -1.74. The number of hydrogen-bond acceptors (Lipinski definition) is 5. The average molecular weight is 317 g/mol. The van der Waals surface area contributed by atoms with Gasteiger partial charge in [0.15, 0.2) is 5.82 Å². The number of rotatable bonds is 4. The number of sulfonamides is 1. The van der Waals surface area contributed by atoms with E-state index in [1.165, 1.54) is 12.1 Å². The number of anilines is 1. The minimum atomic E-state index is -3.50. The molecule has 1 aromatic carbocycles. The van der Waals surface area contributed by atoms with Crippen LogP contribution in [0.15, 0.2) is 18.2 Å². The average Bonchev–Trinajstić information content (AvgIpc) is 2.38. The van der Waals surface area contributed by atoms with Crippen LogP contribution in [-0.2, 0) is 10.0 Å². The SMILES string of the molecule is NS(=O)(=O)CC1CCN(c2ccc([N+](=O)[O-])cc2F)CC1. The molecule has 1 heterocycles. The lowest BCUT2D eigenvalue weighted by Gasteiger charge is -2.33. The Morgan fingerprint density at radius 2 is 2.00 bits per heavy atom. The van der Waals surface area contributed by atoms with Gasteiger partial charge in [-0.25, -0.2) is 17.9 Å². The van der Waals surface area contributed by atoms with Crippen molar-refractivity contribution in [3.8, 4) is 0 Å². The zero-order valence-corrected chi connectivity index (χ0v) is 12.1. The Morgan fingerprint density at radius 1 is 1.38 bits per heavy atom. The molecule has 0 amide bonds. The fraction of sp³-hybridized carbons (Fsp3) is 0.500. The van der Waals surface area contributed by atoms with Crippen molar-refractivity contribution in [3.63, 3.8) is 0 Å². The molecular formula is C12H16FN3O4S. The molecule has 7 nitrogen and oxygen atoms in total. The molecule has 1 aromatic rings. The van der Waals surface area contributed by atoms with E-state index in [0.717, 1.165) is 6.07 Å². The van der Waals surface area contributed by atoms with Gasteiger partial charge < -0.3 is 4.90 Å². The lowest BCUT2D eigenvalue weighted by atomic mass is 9.98. The highest BCUT2D eigenvalue weighted by atomic mass is 32.2. The Kier molecular flexibility index (Phi) is 4.43. The van der Waals surface area contributed by atoms with Gasteiger partial charge in [0.2, 0.25) is 10.0 Å². The second-order valence-electron chi connectivity index (χ2n) is 5.15. The summed E-state index contributed by atoms with van der Waals surface area (Å²) in [6, 6.07) is 3.54. The third kappa shape index (κ3) is 4.11. The zero-order chi connectivity index (χ0) is 15.6. The molecule has 2 rings (SSSR count). The van der Waals surface area contributed by atoms with Gasteiger partial charge in [-0.3, -0.25) is 10.1 Å². The molecule has 0 atom stereocenters. The van der Waals surface area contributed by atoms with E-state index in [1.54, 1.807) is 4.90 Å². The summed E-state index contributed by atoms with van der Waals surface area (Å²) >= 11 is 0. The topological polar surface area (TPSA) is 107 Å². The van der Waals surface area contributed by atoms with Crippen LogP contribution in [0.4, 0.5) is 15.8 Å². The van der Waals surface area contributed by atoms with Gasteiger partial charge in [-0.2, -0.15) is 0 Å². The molecule has 0 bridgehead atoms. The summed E-state index contributed by atoms with van der Waals surface area (Å²) in [5.41, 5.74) is 0.00927. The smallest absolute Gasteiger partial charge is 0.272 e. The van der Waals surface area contributed by atoms with Crippen molar-refractivity contribution < 1.29 is 17.7 Å². The maximum atomic E-state index is 13.9. The van der Waals surface area contributed by atoms with E-state index >= 15 is 0 Å². The number of halogens is 1. The Morgan fingerprint density at radius 3 is 2.48 bits per heavy atom. The first kappa shape index (κ1) is 15.6. The number of non-ortho nitro benzene ring substituents is 1. The van der Waals surface area contributed by atoms with E-state index < -0.39 is 20.8 Å². The first-order chi connectivity index (χ1) is 9.76. The number of nitrogens with zero attached hydrogens (tertiary/aromatic N) is 2. The lowest BCUT2D eigenvalue weighted by Crippen LogP contribution is -2.37. The molecule has 0 spiro atoms. The van der Waals surface area contributed by atoms with E-state index in [2.05, 4.69) is 0 Å². The minimum absolute atomic E-state index is 0.0302. The van der Waals surface area contributed by atoms with Crippen LogP contribution in [0, 0.1) is 21.8 Å². The quantitative estimate of drug-likeness (QED) is 0.664. The summed E-state index contributed by atoms with van der Waals surface area (Å²) in [6.07, 6.45) is 1.18. The first-order valence-electron chi connectivity index (χ1n) is 6.45. The van der Waals surface area contributed by atoms with E-state index in [-0.39, 0.29) is 17.4 Å². The van der Waals surface area contributed by atoms with Crippen molar-refractivity contribution in [2.45, 2.75) is 12.8 Å². The van der Waals surface area contributed by atoms with Gasteiger partial charge >= 0.3 is 0 Å². The minimum Gasteiger partial charge on any atom is -0.369 e. The standard InChI is InChI=1S/C12H16FN3O4S/c13-11-7-10(16(17)18)1-2-12(11)15-5-3-9(4-6-15)8-21(14,19)20/h1-2,7,9H,3-6,8H2,(H2,14,19,20). The summed E-state index contributed by atoms with van der Waals surface area (Å²) in [6.45, 7) is 0.990. The predicted octanol–water partition coefficient (Wildman–Crippen LogP) is 1.24. The van der Waals surface area contributed by atoms with Crippen LogP contribution in [0.2, 0.25) is 0 Å². The molecule has 1 aliphatic rings. The Balaban J connectivity index is 2.04. The monoisotopic (exact) mass is 317 g/mol. The van der Waals surface area contributed by atoms with Crippen molar-refractivity contribution >= 4 is 21.4 Å². The highest BCUT2D eigenvalue weighted by Crippen LogP contribution is 2.28. The summed E-state index contributed by atoms with van der Waals surface area (Å²) in [7, 11) is -3.50. The fourth-order valence-electron chi connectivity index (χ4n) is 2.53. The van der Waals surface area contributed by atoms with Gasteiger partial charge in [0.25, 0.3) is 5.69 Å². The van der Waals surface area contributed by atoms with Crippen molar-refractivity contribution in [2.75, 3.05) is 23.7 Å². The number of benzene rings is 1. The molecule has 0 aromatic heterocycles. The van der Waals surface area contributed by atoms with E-state index in [0.29, 0.717) is 31.6 Å². The van der Waals surface area contributed by atoms with Gasteiger partial charge in [0.05, 0.1) is 22.4 Å². The summed E-state index contributed by atoms with van der Waals surface area (Å²) in [4.78, 5) is 11.7. The molecule has 1 fully saturated rings. The molecule has 0 unspecified atom stereocenters. The van der Waals surface area contributed by atoms with E-state index in [9.17, 15) is 22.9 Å². The molecule has 0 aliphatic carbocycles. The van der Waals surface area contributed by atoms with Gasteiger partial charge in [-0.1, -0.05) is 0 Å². The van der Waals surface area contributed by atoms with Gasteiger partial charge in [0, 0.05) is 19.2 Å². The van der Waals surface area contributed by atoms with Crippen LogP contribution in [0.5, 0.6) is 0 Å². The van der Waals surface area contributed by atoms with Crippen LogP contribution in [0.25, 0.3) is 0 Å². The van der Waals surface area contributed by atoms with Crippen molar-refractivity contribution in [1.82, 2.24) is 0 Å². The highest BCUT2D eigenvalue weighted by molar-refractivity contribution is 7.89. The number of hydrogen-bond donors (Lipinski definition) is 1. The third-order valence-electron chi connectivity index (χ3n) is 3.57. The molecule has 116 valence electrons. The summed E-state index contributed by atoms with van der Waals surface area (Å²) in [5, 5.41) is 15.6. The lowest BCUT2D eigenvalue weighted by molar-refractivity contribution is -0.385. The maximum Gasteiger partial charge on any atom is 0.272 e. The molecule has 1 aliphatic heterocycles. The summed E-state index contributed by atoms with van der Waals surface area (Å²) < 4.78 is 36.0. The highest BCUT2D eigenvalue weighted by Gasteiger charge is 2.24. The molecule has 2 N–H and O–H groups in total. The molecule has 9 heteroatoms. The second kappa shape index (κ2) is 5.94. The van der Waals surface area contributed by atoms with E-state index in [4.69, 9.17) is 5.14 Å². The summed E-state index contributed by atoms with van der Waals surface area (Å²) in [5.74, 6) is -0.740.